The molecule has 0 aliphatic rings. The van der Waals surface area contributed by atoms with Crippen LogP contribution in [-0.4, -0.2) is 16.5 Å². The lowest BCUT2D eigenvalue weighted by molar-refractivity contribution is 0.994. The van der Waals surface area contributed by atoms with Crippen LogP contribution < -0.4 is 5.32 Å². The van der Waals surface area contributed by atoms with Crippen molar-refractivity contribution in [1.82, 2.24) is 9.97 Å². The van der Waals surface area contributed by atoms with Crippen molar-refractivity contribution in [2.75, 3.05) is 11.9 Å². The lowest BCUT2D eigenvalue weighted by Crippen LogP contribution is -2.04. The van der Waals surface area contributed by atoms with Gasteiger partial charge < -0.3 is 5.32 Å². The average Bonchev–Trinajstić information content (AvgIpc) is 2.77. The number of hydrogen-bond acceptors (Lipinski definition) is 4. The van der Waals surface area contributed by atoms with Crippen molar-refractivity contribution in [2.45, 2.75) is 19.8 Å². The van der Waals surface area contributed by atoms with E-state index in [4.69, 9.17) is 0 Å². The van der Waals surface area contributed by atoms with Crippen LogP contribution in [0.15, 0.2) is 29.1 Å². The van der Waals surface area contributed by atoms with Crippen LogP contribution in [0.3, 0.4) is 0 Å². The minimum Gasteiger partial charge on any atom is -0.383 e. The first-order chi connectivity index (χ1) is 8.28. The van der Waals surface area contributed by atoms with Crippen molar-refractivity contribution in [3.05, 3.63) is 39.0 Å². The lowest BCUT2D eigenvalue weighted by Gasteiger charge is -2.04. The third kappa shape index (κ3) is 3.78. The Morgan fingerprint density at radius 1 is 1.35 bits per heavy atom. The fourth-order valence-electron chi connectivity index (χ4n) is 1.45. The number of halogens is 1. The van der Waals surface area contributed by atoms with Gasteiger partial charge in [-0.05, 0) is 28.4 Å². The summed E-state index contributed by atoms with van der Waals surface area (Å²) in [6.45, 7) is 3.04. The Morgan fingerprint density at radius 2 is 2.24 bits per heavy atom. The number of nitrogens with zero attached hydrogens (tertiary/aromatic N) is 2. The Kier molecular flexibility index (Phi) is 4.50. The summed E-state index contributed by atoms with van der Waals surface area (Å²) in [7, 11) is 0. The van der Waals surface area contributed by atoms with Gasteiger partial charge in [-0.1, -0.05) is 6.92 Å². The molecule has 2 heterocycles. The largest absolute Gasteiger partial charge is 0.383 e. The topological polar surface area (TPSA) is 37.8 Å². The molecule has 0 spiro atoms. The average molecular weight is 312 g/mol. The molecular formula is C12H14BrN3S. The number of hydrogen-bond donors (Lipinski definition) is 1. The van der Waals surface area contributed by atoms with Crippen molar-refractivity contribution in [2.24, 2.45) is 0 Å². The number of nitrogens with one attached hydrogen (secondary N) is 1. The van der Waals surface area contributed by atoms with Crippen LogP contribution >= 0.6 is 27.3 Å². The van der Waals surface area contributed by atoms with Crippen molar-refractivity contribution in [1.29, 1.82) is 0 Å². The Bertz CT molecular complexity index is 484. The van der Waals surface area contributed by atoms with E-state index in [1.165, 1.54) is 9.88 Å². The van der Waals surface area contributed by atoms with E-state index >= 15 is 0 Å². The number of aryl methyl sites for hydroxylation is 1. The number of anilines is 1. The summed E-state index contributed by atoms with van der Waals surface area (Å²) in [5.41, 5.74) is 1.03. The molecule has 2 aromatic rings. The molecule has 17 heavy (non-hydrogen) atoms. The fourth-order valence-corrected chi connectivity index (χ4v) is 2.68. The summed E-state index contributed by atoms with van der Waals surface area (Å²) in [6, 6.07) is 2.02. The predicted molar refractivity (Wildman–Crippen MR) is 75.6 cm³/mol. The smallest absolute Gasteiger partial charge is 0.0945 e. The molecule has 0 aliphatic heterocycles. The second-order valence-corrected chi connectivity index (χ2v) is 5.76. The lowest BCUT2D eigenvalue weighted by atomic mass is 10.4. The molecule has 0 aliphatic carbocycles. The molecular weight excluding hydrogens is 298 g/mol. The molecule has 0 unspecified atom stereocenters. The van der Waals surface area contributed by atoms with Gasteiger partial charge in [0.1, 0.15) is 0 Å². The van der Waals surface area contributed by atoms with Gasteiger partial charge in [-0.15, -0.1) is 11.3 Å². The molecule has 5 heteroatoms. The van der Waals surface area contributed by atoms with Gasteiger partial charge in [0, 0.05) is 34.7 Å². The molecule has 90 valence electrons. The zero-order chi connectivity index (χ0) is 12.1. The van der Waals surface area contributed by atoms with Crippen molar-refractivity contribution in [3.8, 4) is 0 Å². The molecule has 0 bridgehead atoms. The summed E-state index contributed by atoms with van der Waals surface area (Å²) >= 11 is 5.19. The number of rotatable bonds is 5. The molecule has 0 saturated heterocycles. The molecule has 0 radical (unpaired) electrons. The van der Waals surface area contributed by atoms with E-state index in [1.807, 2.05) is 18.5 Å². The van der Waals surface area contributed by atoms with E-state index in [1.54, 1.807) is 17.5 Å². The van der Waals surface area contributed by atoms with Gasteiger partial charge in [-0.25, -0.2) is 4.98 Å². The summed E-state index contributed by atoms with van der Waals surface area (Å²) in [5.74, 6) is 0. The van der Waals surface area contributed by atoms with Crippen LogP contribution in [-0.2, 0) is 12.8 Å². The zero-order valence-electron chi connectivity index (χ0n) is 9.61. The van der Waals surface area contributed by atoms with Gasteiger partial charge in [0.2, 0.25) is 0 Å². The molecule has 1 N–H and O–H groups in total. The zero-order valence-corrected chi connectivity index (χ0v) is 12.0. The van der Waals surface area contributed by atoms with Crippen molar-refractivity contribution >= 4 is 33.0 Å². The van der Waals surface area contributed by atoms with Gasteiger partial charge in [-0.3, -0.25) is 4.98 Å². The highest BCUT2D eigenvalue weighted by atomic mass is 79.9. The van der Waals surface area contributed by atoms with Crippen LogP contribution in [0.4, 0.5) is 5.69 Å². The van der Waals surface area contributed by atoms with E-state index in [2.05, 4.69) is 38.1 Å². The molecule has 0 fully saturated rings. The summed E-state index contributed by atoms with van der Waals surface area (Å²) in [4.78, 5) is 9.85. The molecule has 0 atom stereocenters. The van der Waals surface area contributed by atoms with Gasteiger partial charge >= 0.3 is 0 Å². The third-order valence-electron chi connectivity index (χ3n) is 2.32. The first-order valence-corrected chi connectivity index (χ1v) is 7.17. The maximum absolute atomic E-state index is 4.39. The molecule has 2 rings (SSSR count). The second-order valence-electron chi connectivity index (χ2n) is 3.64. The predicted octanol–water partition coefficient (Wildman–Crippen LogP) is 3.52. The highest BCUT2D eigenvalue weighted by Crippen LogP contribution is 2.15. The van der Waals surface area contributed by atoms with E-state index < -0.39 is 0 Å². The molecule has 0 saturated carbocycles. The van der Waals surface area contributed by atoms with Crippen LogP contribution in [0.2, 0.25) is 0 Å². The minimum atomic E-state index is 0.884. The number of pyridine rings is 1. The van der Waals surface area contributed by atoms with Gasteiger partial charge in [0.25, 0.3) is 0 Å². The molecule has 2 aromatic heterocycles. The number of aromatic nitrogens is 2. The molecule has 0 aromatic carbocycles. The summed E-state index contributed by atoms with van der Waals surface area (Å²) in [6.07, 6.45) is 7.60. The maximum atomic E-state index is 4.39. The van der Waals surface area contributed by atoms with E-state index in [0.717, 1.165) is 29.5 Å². The molecule has 0 amide bonds. The highest BCUT2D eigenvalue weighted by molar-refractivity contribution is 9.10. The normalized spacial score (nSPS) is 10.5. The Labute approximate surface area is 113 Å². The third-order valence-corrected chi connectivity index (χ3v) is 3.96. The van der Waals surface area contributed by atoms with Crippen LogP contribution in [0.25, 0.3) is 0 Å². The number of thiazole rings is 1. The van der Waals surface area contributed by atoms with Gasteiger partial charge in [0.15, 0.2) is 0 Å². The van der Waals surface area contributed by atoms with E-state index in [9.17, 15) is 0 Å². The Balaban J connectivity index is 1.83. The maximum Gasteiger partial charge on any atom is 0.0945 e. The van der Waals surface area contributed by atoms with Crippen LogP contribution in [0.5, 0.6) is 0 Å². The van der Waals surface area contributed by atoms with E-state index in [-0.39, 0.29) is 0 Å². The SMILES string of the molecule is CCc1cnc(CCNc2cncc(Br)c2)s1. The minimum absolute atomic E-state index is 0.884. The molecule has 3 nitrogen and oxygen atoms in total. The van der Waals surface area contributed by atoms with Crippen molar-refractivity contribution in [3.63, 3.8) is 0 Å². The Hall–Kier alpha value is -0.940. The Morgan fingerprint density at radius 3 is 2.94 bits per heavy atom. The van der Waals surface area contributed by atoms with Gasteiger partial charge in [-0.2, -0.15) is 0 Å². The fraction of sp³-hybridized carbons (Fsp3) is 0.333. The quantitative estimate of drug-likeness (QED) is 0.918. The summed E-state index contributed by atoms with van der Waals surface area (Å²) < 4.78 is 0.991. The van der Waals surface area contributed by atoms with Crippen LogP contribution in [0.1, 0.15) is 16.8 Å². The first-order valence-electron chi connectivity index (χ1n) is 5.56. The monoisotopic (exact) mass is 311 g/mol. The van der Waals surface area contributed by atoms with Crippen LogP contribution in [0, 0.1) is 0 Å². The van der Waals surface area contributed by atoms with Crippen molar-refractivity contribution < 1.29 is 0 Å². The van der Waals surface area contributed by atoms with Gasteiger partial charge in [0.05, 0.1) is 16.9 Å². The standard InChI is InChI=1S/C12H14BrN3S/c1-2-11-8-16-12(17-11)3-4-15-10-5-9(13)6-14-7-10/h5-8,15H,2-4H2,1H3. The van der Waals surface area contributed by atoms with E-state index in [0.29, 0.717) is 0 Å². The highest BCUT2D eigenvalue weighted by Gasteiger charge is 2.00. The first kappa shape index (κ1) is 12.5. The second kappa shape index (κ2) is 6.12. The summed E-state index contributed by atoms with van der Waals surface area (Å²) in [5, 5.41) is 4.53.